The molecule has 0 radical (unpaired) electrons. The van der Waals surface area contributed by atoms with E-state index in [0.29, 0.717) is 0 Å². The molecule has 6 heteroatoms. The number of halogens is 2. The lowest BCUT2D eigenvalue weighted by Crippen LogP contribution is -2.02. The van der Waals surface area contributed by atoms with E-state index in [0.717, 1.165) is 23.8 Å². The van der Waals surface area contributed by atoms with E-state index >= 15 is 0 Å². The van der Waals surface area contributed by atoms with Crippen LogP contribution in [0, 0.1) is 21.7 Å². The molecule has 0 saturated heterocycles. The van der Waals surface area contributed by atoms with Crippen LogP contribution >= 0.6 is 0 Å². The van der Waals surface area contributed by atoms with Crippen LogP contribution in [0.2, 0.25) is 0 Å². The molecule has 0 unspecified atom stereocenters. The zero-order valence-electron chi connectivity index (χ0n) is 9.77. The number of hydrogen-bond donors (Lipinski definition) is 1. The second-order valence-electron chi connectivity index (χ2n) is 3.90. The Balaban J connectivity index is 2.06. The van der Waals surface area contributed by atoms with Gasteiger partial charge in [0.15, 0.2) is 0 Å². The standard InChI is InChI=1S/C13H10F2N2O2/c14-10-3-6-12(15)13(7-10)16-8-9-1-4-11(5-2-9)17(18)19/h1-7,16H,8H2. The number of nitrogens with one attached hydrogen (secondary N) is 1. The summed E-state index contributed by atoms with van der Waals surface area (Å²) in [5.41, 5.74) is 0.772. The third-order valence-electron chi connectivity index (χ3n) is 2.56. The van der Waals surface area contributed by atoms with Gasteiger partial charge in [0.25, 0.3) is 5.69 Å². The van der Waals surface area contributed by atoms with Gasteiger partial charge in [-0.05, 0) is 23.8 Å². The molecule has 2 rings (SSSR count). The van der Waals surface area contributed by atoms with E-state index in [-0.39, 0.29) is 17.9 Å². The topological polar surface area (TPSA) is 55.2 Å². The van der Waals surface area contributed by atoms with Crippen molar-refractivity contribution in [2.24, 2.45) is 0 Å². The summed E-state index contributed by atoms with van der Waals surface area (Å²) in [5, 5.41) is 13.2. The van der Waals surface area contributed by atoms with Crippen LogP contribution < -0.4 is 5.32 Å². The number of non-ortho nitro benzene ring substituents is 1. The molecule has 2 aromatic rings. The lowest BCUT2D eigenvalue weighted by molar-refractivity contribution is -0.384. The summed E-state index contributed by atoms with van der Waals surface area (Å²) in [6.07, 6.45) is 0. The van der Waals surface area contributed by atoms with Crippen molar-refractivity contribution in [3.63, 3.8) is 0 Å². The van der Waals surface area contributed by atoms with E-state index in [1.54, 1.807) is 12.1 Å². The molecule has 98 valence electrons. The Morgan fingerprint density at radius 2 is 1.79 bits per heavy atom. The average Bonchev–Trinajstić information content (AvgIpc) is 2.40. The Kier molecular flexibility index (Phi) is 3.70. The number of hydrogen-bond acceptors (Lipinski definition) is 3. The minimum atomic E-state index is -0.552. The number of nitrogens with zero attached hydrogens (tertiary/aromatic N) is 1. The SMILES string of the molecule is O=[N+]([O-])c1ccc(CNc2cc(F)ccc2F)cc1. The van der Waals surface area contributed by atoms with Gasteiger partial charge in [-0.15, -0.1) is 0 Å². The smallest absolute Gasteiger partial charge is 0.269 e. The van der Waals surface area contributed by atoms with Gasteiger partial charge in [-0.1, -0.05) is 12.1 Å². The van der Waals surface area contributed by atoms with Crippen molar-refractivity contribution in [1.82, 2.24) is 0 Å². The van der Waals surface area contributed by atoms with E-state index in [4.69, 9.17) is 0 Å². The molecule has 0 aliphatic rings. The molecular formula is C13H10F2N2O2. The third-order valence-corrected chi connectivity index (χ3v) is 2.56. The van der Waals surface area contributed by atoms with Crippen LogP contribution in [0.15, 0.2) is 42.5 Å². The normalized spacial score (nSPS) is 10.2. The summed E-state index contributed by atoms with van der Waals surface area (Å²) in [6.45, 7) is 0.248. The molecule has 0 aromatic heterocycles. The fourth-order valence-electron chi connectivity index (χ4n) is 1.57. The van der Waals surface area contributed by atoms with Gasteiger partial charge in [-0.3, -0.25) is 10.1 Å². The van der Waals surface area contributed by atoms with Gasteiger partial charge in [0, 0.05) is 18.7 Å². The van der Waals surface area contributed by atoms with Crippen molar-refractivity contribution in [3.05, 3.63) is 69.8 Å². The van der Waals surface area contributed by atoms with Crippen molar-refractivity contribution in [3.8, 4) is 0 Å². The largest absolute Gasteiger partial charge is 0.379 e. The second-order valence-corrected chi connectivity index (χ2v) is 3.90. The molecule has 2 aromatic carbocycles. The summed E-state index contributed by atoms with van der Waals surface area (Å²) in [4.78, 5) is 9.98. The van der Waals surface area contributed by atoms with Crippen molar-refractivity contribution >= 4 is 11.4 Å². The Hall–Kier alpha value is -2.50. The molecule has 0 atom stereocenters. The van der Waals surface area contributed by atoms with Gasteiger partial charge in [-0.25, -0.2) is 8.78 Å². The second kappa shape index (κ2) is 5.43. The fourth-order valence-corrected chi connectivity index (χ4v) is 1.57. The highest BCUT2D eigenvalue weighted by Crippen LogP contribution is 2.17. The number of benzene rings is 2. The lowest BCUT2D eigenvalue weighted by Gasteiger charge is -2.07. The van der Waals surface area contributed by atoms with Crippen LogP contribution in [0.3, 0.4) is 0 Å². The number of nitro benzene ring substituents is 1. The van der Waals surface area contributed by atoms with Gasteiger partial charge < -0.3 is 5.32 Å². The first-order valence-corrected chi connectivity index (χ1v) is 5.48. The van der Waals surface area contributed by atoms with Crippen molar-refractivity contribution < 1.29 is 13.7 Å². The zero-order chi connectivity index (χ0) is 13.8. The Morgan fingerprint density at radius 1 is 1.11 bits per heavy atom. The predicted molar refractivity (Wildman–Crippen MR) is 66.8 cm³/mol. The van der Waals surface area contributed by atoms with E-state index in [1.165, 1.54) is 12.1 Å². The first kappa shape index (κ1) is 12.9. The van der Waals surface area contributed by atoms with Crippen LogP contribution in [0.4, 0.5) is 20.2 Å². The minimum Gasteiger partial charge on any atom is -0.379 e. The Labute approximate surface area is 107 Å². The third kappa shape index (κ3) is 3.25. The quantitative estimate of drug-likeness (QED) is 0.679. The minimum absolute atomic E-state index is 0.0133. The lowest BCUT2D eigenvalue weighted by atomic mass is 10.2. The molecular weight excluding hydrogens is 254 g/mol. The summed E-state index contributed by atoms with van der Waals surface area (Å²) in [5.74, 6) is -1.09. The first-order chi connectivity index (χ1) is 9.06. The summed E-state index contributed by atoms with van der Waals surface area (Å²) in [7, 11) is 0. The maximum absolute atomic E-state index is 13.3. The Morgan fingerprint density at radius 3 is 2.42 bits per heavy atom. The molecule has 0 fully saturated rings. The maximum Gasteiger partial charge on any atom is 0.269 e. The number of rotatable bonds is 4. The fraction of sp³-hybridized carbons (Fsp3) is 0.0769. The summed E-state index contributed by atoms with van der Waals surface area (Å²) < 4.78 is 26.3. The highest BCUT2D eigenvalue weighted by molar-refractivity contribution is 5.45. The van der Waals surface area contributed by atoms with E-state index in [9.17, 15) is 18.9 Å². The van der Waals surface area contributed by atoms with Gasteiger partial charge in [0.05, 0.1) is 10.6 Å². The predicted octanol–water partition coefficient (Wildman–Crippen LogP) is 3.49. The molecule has 0 aliphatic heterocycles. The number of anilines is 1. The molecule has 0 bridgehead atoms. The van der Waals surface area contributed by atoms with E-state index in [2.05, 4.69) is 5.32 Å². The van der Waals surface area contributed by atoms with E-state index < -0.39 is 16.6 Å². The van der Waals surface area contributed by atoms with Crippen molar-refractivity contribution in [2.45, 2.75) is 6.54 Å². The highest BCUT2D eigenvalue weighted by atomic mass is 19.1. The monoisotopic (exact) mass is 264 g/mol. The summed E-state index contributed by atoms with van der Waals surface area (Å²) >= 11 is 0. The molecule has 0 aliphatic carbocycles. The van der Waals surface area contributed by atoms with Crippen LogP contribution in [0.25, 0.3) is 0 Å². The van der Waals surface area contributed by atoms with Gasteiger partial charge in [-0.2, -0.15) is 0 Å². The maximum atomic E-state index is 13.3. The van der Waals surface area contributed by atoms with Crippen molar-refractivity contribution in [2.75, 3.05) is 5.32 Å². The highest BCUT2D eigenvalue weighted by Gasteiger charge is 2.06. The molecule has 1 N–H and O–H groups in total. The van der Waals surface area contributed by atoms with Gasteiger partial charge in [0.2, 0.25) is 0 Å². The molecule has 0 spiro atoms. The van der Waals surface area contributed by atoms with Gasteiger partial charge >= 0.3 is 0 Å². The zero-order valence-corrected chi connectivity index (χ0v) is 9.77. The van der Waals surface area contributed by atoms with Crippen molar-refractivity contribution in [1.29, 1.82) is 0 Å². The molecule has 0 amide bonds. The molecule has 4 nitrogen and oxygen atoms in total. The summed E-state index contributed by atoms with van der Waals surface area (Å²) in [6, 6.07) is 8.96. The molecule has 19 heavy (non-hydrogen) atoms. The van der Waals surface area contributed by atoms with Crippen LogP contribution in [0.5, 0.6) is 0 Å². The number of nitro groups is 1. The van der Waals surface area contributed by atoms with E-state index in [1.807, 2.05) is 0 Å². The van der Waals surface area contributed by atoms with Crippen LogP contribution in [-0.4, -0.2) is 4.92 Å². The Bertz CT molecular complexity index is 600. The van der Waals surface area contributed by atoms with Crippen LogP contribution in [-0.2, 0) is 6.54 Å². The molecule has 0 saturated carbocycles. The average molecular weight is 264 g/mol. The van der Waals surface area contributed by atoms with Crippen LogP contribution in [0.1, 0.15) is 5.56 Å². The molecule has 0 heterocycles. The van der Waals surface area contributed by atoms with Gasteiger partial charge in [0.1, 0.15) is 11.6 Å². The first-order valence-electron chi connectivity index (χ1n) is 5.48.